The Labute approximate surface area is 124 Å². The minimum Gasteiger partial charge on any atom is -0.481 e. The van der Waals surface area contributed by atoms with Crippen molar-refractivity contribution in [2.24, 2.45) is 5.92 Å². The predicted octanol–water partition coefficient (Wildman–Crippen LogP) is 1.86. The predicted molar refractivity (Wildman–Crippen MR) is 78.2 cm³/mol. The highest BCUT2D eigenvalue weighted by atomic mass is 35.5. The number of ether oxygens (including phenoxy) is 1. The van der Waals surface area contributed by atoms with Crippen molar-refractivity contribution in [3.05, 3.63) is 29.3 Å². The molecule has 1 heterocycles. The van der Waals surface area contributed by atoms with E-state index in [-0.39, 0.29) is 18.3 Å². The molecule has 4 nitrogen and oxygen atoms in total. The van der Waals surface area contributed by atoms with Gasteiger partial charge in [0.05, 0.1) is 0 Å². The van der Waals surface area contributed by atoms with Gasteiger partial charge in [-0.3, -0.25) is 4.79 Å². The number of rotatable bonds is 5. The van der Waals surface area contributed by atoms with E-state index in [2.05, 4.69) is 10.6 Å². The molecule has 2 rings (SSSR count). The van der Waals surface area contributed by atoms with Gasteiger partial charge in [-0.15, -0.1) is 12.4 Å². The zero-order valence-electron chi connectivity index (χ0n) is 10.7. The third kappa shape index (κ3) is 4.90. The first kappa shape index (κ1) is 16.1. The van der Waals surface area contributed by atoms with E-state index in [0.717, 1.165) is 13.1 Å². The molecule has 1 aliphatic heterocycles. The summed E-state index contributed by atoms with van der Waals surface area (Å²) in [5.41, 5.74) is 0. The largest absolute Gasteiger partial charge is 0.481 e. The normalized spacial score (nSPS) is 15.9. The molecule has 1 atom stereocenters. The van der Waals surface area contributed by atoms with E-state index >= 15 is 0 Å². The van der Waals surface area contributed by atoms with Crippen molar-refractivity contribution in [3.8, 4) is 5.75 Å². The molecule has 0 aliphatic carbocycles. The number of amides is 1. The Morgan fingerprint density at radius 3 is 2.89 bits per heavy atom. The fourth-order valence-electron chi connectivity index (χ4n) is 1.68. The van der Waals surface area contributed by atoms with Gasteiger partial charge in [0.15, 0.2) is 6.10 Å². The van der Waals surface area contributed by atoms with Crippen LogP contribution in [0.25, 0.3) is 0 Å². The van der Waals surface area contributed by atoms with Crippen molar-refractivity contribution in [3.63, 3.8) is 0 Å². The van der Waals surface area contributed by atoms with E-state index in [1.807, 2.05) is 0 Å². The number of hydrogen-bond acceptors (Lipinski definition) is 3. The highest BCUT2D eigenvalue weighted by molar-refractivity contribution is 6.30. The van der Waals surface area contributed by atoms with Crippen LogP contribution < -0.4 is 15.4 Å². The topological polar surface area (TPSA) is 50.4 Å². The van der Waals surface area contributed by atoms with Crippen LogP contribution in [0.3, 0.4) is 0 Å². The Bertz CT molecular complexity index is 425. The van der Waals surface area contributed by atoms with Gasteiger partial charge in [0, 0.05) is 30.6 Å². The maximum absolute atomic E-state index is 11.8. The van der Waals surface area contributed by atoms with Crippen molar-refractivity contribution in [2.45, 2.75) is 13.0 Å². The minimum absolute atomic E-state index is 0. The van der Waals surface area contributed by atoms with Crippen LogP contribution in [-0.4, -0.2) is 31.6 Å². The molecule has 0 spiro atoms. The van der Waals surface area contributed by atoms with E-state index in [4.69, 9.17) is 16.3 Å². The summed E-state index contributed by atoms with van der Waals surface area (Å²) in [7, 11) is 0. The van der Waals surface area contributed by atoms with Crippen LogP contribution in [0.2, 0.25) is 5.02 Å². The molecule has 1 saturated heterocycles. The molecular weight excluding hydrogens is 287 g/mol. The number of carbonyl (C=O) groups is 1. The second kappa shape index (κ2) is 7.58. The molecular formula is C13H18Cl2N2O2. The first-order valence-corrected chi connectivity index (χ1v) is 6.43. The lowest BCUT2D eigenvalue weighted by Crippen LogP contribution is -2.49. The molecule has 1 fully saturated rings. The number of nitrogens with one attached hydrogen (secondary N) is 2. The summed E-state index contributed by atoms with van der Waals surface area (Å²) in [5, 5.41) is 6.64. The number of carbonyl (C=O) groups excluding carboxylic acids is 1. The minimum atomic E-state index is -0.517. The highest BCUT2D eigenvalue weighted by Crippen LogP contribution is 2.18. The average molecular weight is 305 g/mol. The molecule has 1 aromatic carbocycles. The maximum atomic E-state index is 11.8. The van der Waals surface area contributed by atoms with Gasteiger partial charge in [0.2, 0.25) is 0 Å². The Hall–Kier alpha value is -0.970. The van der Waals surface area contributed by atoms with Gasteiger partial charge < -0.3 is 15.4 Å². The standard InChI is InChI=1S/C13H17ClN2O2.ClH/c1-9(13(17)16-8-10-6-15-7-10)18-12-4-2-3-11(14)5-12;/h2-5,9-10,15H,6-8H2,1H3,(H,16,17);1H. The number of halogens is 2. The third-order valence-corrected chi connectivity index (χ3v) is 3.14. The van der Waals surface area contributed by atoms with Gasteiger partial charge in [-0.05, 0) is 25.1 Å². The van der Waals surface area contributed by atoms with E-state index < -0.39 is 6.10 Å². The lowest BCUT2D eigenvalue weighted by molar-refractivity contribution is -0.127. The van der Waals surface area contributed by atoms with Crippen LogP contribution in [0.5, 0.6) is 5.75 Å². The molecule has 6 heteroatoms. The molecule has 1 aliphatic rings. The van der Waals surface area contributed by atoms with Crippen molar-refractivity contribution in [1.29, 1.82) is 0 Å². The molecule has 1 aromatic rings. The van der Waals surface area contributed by atoms with E-state index in [9.17, 15) is 4.79 Å². The van der Waals surface area contributed by atoms with Crippen molar-refractivity contribution in [2.75, 3.05) is 19.6 Å². The van der Waals surface area contributed by atoms with Crippen LogP contribution >= 0.6 is 24.0 Å². The smallest absolute Gasteiger partial charge is 0.260 e. The van der Waals surface area contributed by atoms with E-state index in [1.165, 1.54) is 0 Å². The Morgan fingerprint density at radius 2 is 2.32 bits per heavy atom. The van der Waals surface area contributed by atoms with Gasteiger partial charge >= 0.3 is 0 Å². The zero-order chi connectivity index (χ0) is 13.0. The second-order valence-corrected chi connectivity index (χ2v) is 4.92. The summed E-state index contributed by atoms with van der Waals surface area (Å²) in [6.45, 7) is 4.39. The summed E-state index contributed by atoms with van der Waals surface area (Å²) in [5.74, 6) is 1.06. The highest BCUT2D eigenvalue weighted by Gasteiger charge is 2.20. The van der Waals surface area contributed by atoms with E-state index in [1.54, 1.807) is 31.2 Å². The van der Waals surface area contributed by atoms with Crippen LogP contribution in [0.1, 0.15) is 6.92 Å². The van der Waals surface area contributed by atoms with Crippen molar-refractivity contribution >= 4 is 29.9 Å². The van der Waals surface area contributed by atoms with Crippen LogP contribution in [-0.2, 0) is 4.79 Å². The van der Waals surface area contributed by atoms with Crippen LogP contribution in [0, 0.1) is 5.92 Å². The molecule has 1 unspecified atom stereocenters. The van der Waals surface area contributed by atoms with Crippen molar-refractivity contribution < 1.29 is 9.53 Å². The van der Waals surface area contributed by atoms with Crippen LogP contribution in [0.4, 0.5) is 0 Å². The monoisotopic (exact) mass is 304 g/mol. The summed E-state index contributed by atoms with van der Waals surface area (Å²) >= 11 is 5.85. The van der Waals surface area contributed by atoms with E-state index in [0.29, 0.717) is 23.2 Å². The Balaban J connectivity index is 0.00000180. The second-order valence-electron chi connectivity index (χ2n) is 4.49. The maximum Gasteiger partial charge on any atom is 0.260 e. The first-order chi connectivity index (χ1) is 8.65. The summed E-state index contributed by atoms with van der Waals surface area (Å²) in [4.78, 5) is 11.8. The Morgan fingerprint density at radius 1 is 1.58 bits per heavy atom. The SMILES string of the molecule is CC(Oc1cccc(Cl)c1)C(=O)NCC1CNC1.Cl. The quantitative estimate of drug-likeness (QED) is 0.873. The molecule has 0 saturated carbocycles. The fraction of sp³-hybridized carbons (Fsp3) is 0.462. The van der Waals surface area contributed by atoms with Gasteiger partial charge in [-0.1, -0.05) is 17.7 Å². The molecule has 106 valence electrons. The number of hydrogen-bond donors (Lipinski definition) is 2. The lowest BCUT2D eigenvalue weighted by Gasteiger charge is -2.27. The van der Waals surface area contributed by atoms with Crippen LogP contribution in [0.15, 0.2) is 24.3 Å². The van der Waals surface area contributed by atoms with Gasteiger partial charge in [0.25, 0.3) is 5.91 Å². The molecule has 0 radical (unpaired) electrons. The fourth-order valence-corrected chi connectivity index (χ4v) is 1.86. The number of benzene rings is 1. The molecule has 1 amide bonds. The molecule has 0 bridgehead atoms. The summed E-state index contributed by atoms with van der Waals surface area (Å²) < 4.78 is 5.53. The van der Waals surface area contributed by atoms with Gasteiger partial charge in [-0.25, -0.2) is 0 Å². The average Bonchev–Trinajstić information content (AvgIpc) is 2.26. The Kier molecular flexibility index (Phi) is 6.42. The first-order valence-electron chi connectivity index (χ1n) is 6.06. The molecule has 2 N–H and O–H groups in total. The van der Waals surface area contributed by atoms with Gasteiger partial charge in [0.1, 0.15) is 5.75 Å². The summed E-state index contributed by atoms with van der Waals surface area (Å²) in [6, 6.07) is 7.04. The van der Waals surface area contributed by atoms with Gasteiger partial charge in [-0.2, -0.15) is 0 Å². The van der Waals surface area contributed by atoms with Crippen molar-refractivity contribution in [1.82, 2.24) is 10.6 Å². The third-order valence-electron chi connectivity index (χ3n) is 2.91. The lowest BCUT2D eigenvalue weighted by atomic mass is 10.0. The summed E-state index contributed by atoms with van der Waals surface area (Å²) in [6.07, 6.45) is -0.517. The zero-order valence-corrected chi connectivity index (χ0v) is 12.3. The molecule has 0 aromatic heterocycles. The molecule has 19 heavy (non-hydrogen) atoms.